The van der Waals surface area contributed by atoms with Crippen molar-refractivity contribution in [1.29, 1.82) is 0 Å². The fourth-order valence-corrected chi connectivity index (χ4v) is 10.6. The lowest BCUT2D eigenvalue weighted by molar-refractivity contribution is 0.216. The highest BCUT2D eigenvalue weighted by Gasteiger charge is 2.31. The van der Waals surface area contributed by atoms with Crippen LogP contribution in [0.5, 0.6) is 11.5 Å². The van der Waals surface area contributed by atoms with Crippen LogP contribution in [0.1, 0.15) is 52.7 Å². The highest BCUT2D eigenvalue weighted by atomic mass is 79.9. The molecule has 14 heteroatoms. The van der Waals surface area contributed by atoms with Gasteiger partial charge in [-0.1, -0.05) is 13.8 Å². The Morgan fingerprint density at radius 2 is 0.838 bits per heavy atom. The van der Waals surface area contributed by atoms with Gasteiger partial charge in [0, 0.05) is 29.0 Å². The summed E-state index contributed by atoms with van der Waals surface area (Å²) in [5.74, 6) is 1.07. The molecule has 0 atom stereocenters. The average Bonchev–Trinajstić information content (AvgIpc) is 2.79. The van der Waals surface area contributed by atoms with Crippen molar-refractivity contribution in [1.82, 2.24) is 0 Å². The van der Waals surface area contributed by atoms with E-state index < -0.39 is 18.9 Å². The average molecular weight is 848 g/mol. The van der Waals surface area contributed by atoms with Gasteiger partial charge in [-0.15, -0.1) is 0 Å². The molecule has 0 aliphatic rings. The van der Waals surface area contributed by atoms with Gasteiger partial charge in [-0.3, -0.25) is 18.1 Å². The lowest BCUT2D eigenvalue weighted by Gasteiger charge is -2.29. The van der Waals surface area contributed by atoms with Crippen LogP contribution in [0, 0.1) is 0 Å². The Kier molecular flexibility index (Phi) is 13.7. The van der Waals surface area contributed by atoms with Gasteiger partial charge in [0.1, 0.15) is 0 Å². The first-order chi connectivity index (χ1) is 17.3. The minimum absolute atomic E-state index is 0.394. The van der Waals surface area contributed by atoms with Crippen molar-refractivity contribution in [2.75, 3.05) is 26.4 Å². The Bertz CT molecular complexity index is 1040. The quantitative estimate of drug-likeness (QED) is 0.174. The van der Waals surface area contributed by atoms with Gasteiger partial charge in [0.25, 0.3) is 0 Å². The Labute approximate surface area is 263 Å². The van der Waals surface area contributed by atoms with E-state index in [1.54, 1.807) is 0 Å². The van der Waals surface area contributed by atoms with Crippen molar-refractivity contribution < 1.29 is 27.1 Å². The molecule has 0 fully saturated rings. The zero-order valence-electron chi connectivity index (χ0n) is 21.3. The first-order valence-corrected chi connectivity index (χ1v) is 19.7. The summed E-state index contributed by atoms with van der Waals surface area (Å²) in [6, 6.07) is 8.03. The third-order valence-corrected chi connectivity index (χ3v) is 12.2. The van der Waals surface area contributed by atoms with E-state index in [0.29, 0.717) is 37.9 Å². The molecule has 208 valence electrons. The molecule has 0 aliphatic carbocycles. The zero-order chi connectivity index (χ0) is 28.0. The van der Waals surface area contributed by atoms with E-state index in [9.17, 15) is 0 Å². The van der Waals surface area contributed by atoms with Gasteiger partial charge in [-0.05, 0) is 127 Å². The highest BCUT2D eigenvalue weighted by Crippen LogP contribution is 2.55. The molecule has 0 aromatic heterocycles. The molecule has 0 heterocycles. The number of hydrogen-bond acceptors (Lipinski definition) is 8. The van der Waals surface area contributed by atoms with Crippen molar-refractivity contribution in [3.05, 3.63) is 53.3 Å². The normalized spacial score (nSPS) is 12.6. The molecule has 2 rings (SSSR count). The molecule has 0 unspecified atom stereocenters. The van der Waals surface area contributed by atoms with Crippen LogP contribution in [-0.2, 0) is 47.1 Å². The van der Waals surface area contributed by atoms with Crippen molar-refractivity contribution >= 4 is 101 Å². The maximum atomic E-state index is 6.08. The molecule has 2 aromatic rings. The van der Waals surface area contributed by atoms with E-state index in [1.165, 1.54) is 0 Å². The van der Waals surface area contributed by atoms with Crippen molar-refractivity contribution in [3.63, 3.8) is 0 Å². The second-order valence-electron chi connectivity index (χ2n) is 7.91. The van der Waals surface area contributed by atoms with Crippen LogP contribution < -0.4 is 9.05 Å². The van der Waals surface area contributed by atoms with Crippen LogP contribution in [0.4, 0.5) is 0 Å². The molecular formula is C23H30Br4O6P2S2. The Balaban J connectivity index is 2.46. The zero-order valence-corrected chi connectivity index (χ0v) is 31.1. The second-order valence-corrected chi connectivity index (χ2v) is 17.2. The summed E-state index contributed by atoms with van der Waals surface area (Å²) in [5.41, 5.74) is 1.65. The summed E-state index contributed by atoms with van der Waals surface area (Å²) < 4.78 is 37.7. The number of halogens is 4. The summed E-state index contributed by atoms with van der Waals surface area (Å²) in [6.07, 6.45) is 0. The molecule has 0 bridgehead atoms. The lowest BCUT2D eigenvalue weighted by Crippen LogP contribution is -2.19. The van der Waals surface area contributed by atoms with E-state index in [1.807, 2.05) is 52.0 Å². The highest BCUT2D eigenvalue weighted by molar-refractivity contribution is 9.11. The number of hydrogen-bond donors (Lipinski definition) is 0. The van der Waals surface area contributed by atoms with E-state index in [2.05, 4.69) is 77.6 Å². The van der Waals surface area contributed by atoms with Crippen molar-refractivity contribution in [2.24, 2.45) is 0 Å². The van der Waals surface area contributed by atoms with Gasteiger partial charge < -0.3 is 9.05 Å². The summed E-state index contributed by atoms with van der Waals surface area (Å²) in [4.78, 5) is 0. The van der Waals surface area contributed by atoms with Crippen molar-refractivity contribution in [3.8, 4) is 11.5 Å². The summed E-state index contributed by atoms with van der Waals surface area (Å²) >= 11 is 25.7. The molecule has 0 radical (unpaired) electrons. The fraction of sp³-hybridized carbons (Fsp3) is 0.478. The van der Waals surface area contributed by atoms with E-state index >= 15 is 0 Å². The van der Waals surface area contributed by atoms with Gasteiger partial charge in [-0.25, -0.2) is 0 Å². The first kappa shape index (κ1) is 34.3. The summed E-state index contributed by atoms with van der Waals surface area (Å²) in [6.45, 7) is 7.40. The van der Waals surface area contributed by atoms with Gasteiger partial charge in [0.05, 0.1) is 44.3 Å². The van der Waals surface area contributed by atoms with Gasteiger partial charge >= 0.3 is 13.4 Å². The molecule has 0 saturated heterocycles. The Morgan fingerprint density at radius 3 is 1.05 bits per heavy atom. The molecule has 0 saturated carbocycles. The van der Waals surface area contributed by atoms with Crippen LogP contribution in [-0.4, -0.2) is 26.4 Å². The van der Waals surface area contributed by atoms with Crippen LogP contribution in [0.25, 0.3) is 0 Å². The Morgan fingerprint density at radius 1 is 0.595 bits per heavy atom. The van der Waals surface area contributed by atoms with E-state index in [0.717, 1.165) is 29.0 Å². The number of rotatable bonds is 14. The predicted molar refractivity (Wildman–Crippen MR) is 172 cm³/mol. The maximum absolute atomic E-state index is 6.08. The minimum atomic E-state index is -2.93. The van der Waals surface area contributed by atoms with Crippen LogP contribution in [0.2, 0.25) is 0 Å². The van der Waals surface area contributed by atoms with Gasteiger partial charge in [0.2, 0.25) is 0 Å². The maximum Gasteiger partial charge on any atom is 0.380 e. The molecule has 0 amide bonds. The minimum Gasteiger partial charge on any atom is -0.422 e. The number of benzene rings is 2. The van der Waals surface area contributed by atoms with Gasteiger partial charge in [-0.2, -0.15) is 0 Å². The molecule has 6 nitrogen and oxygen atoms in total. The van der Waals surface area contributed by atoms with Crippen LogP contribution >= 0.6 is 77.2 Å². The molecule has 0 aliphatic heterocycles. The third-order valence-electron chi connectivity index (χ3n) is 4.99. The monoisotopic (exact) mass is 844 g/mol. The SMILES string of the molecule is CCOP(=S)(OCC)Oc1c(Br)cc(C(C)(C)c2cc(Br)c(OP(=S)(OCC)OCC)c(Br)c2)cc1Br. The third kappa shape index (κ3) is 9.04. The summed E-state index contributed by atoms with van der Waals surface area (Å²) in [5, 5.41) is 0. The summed E-state index contributed by atoms with van der Waals surface area (Å²) in [7, 11) is 0. The largest absolute Gasteiger partial charge is 0.422 e. The standard InChI is InChI=1S/C23H30Br4O6P2S2/c1-7-28-34(36,29-8-2)32-21-17(24)11-15(12-18(21)25)23(5,6)16-13-19(26)22(20(27)14-16)33-35(37,30-9-3)31-10-4/h11-14H,7-10H2,1-6H3. The van der Waals surface area contributed by atoms with Crippen LogP contribution in [0.15, 0.2) is 42.2 Å². The van der Waals surface area contributed by atoms with E-state index in [4.69, 9.17) is 50.8 Å². The van der Waals surface area contributed by atoms with Gasteiger partial charge in [0.15, 0.2) is 11.5 Å². The predicted octanol–water partition coefficient (Wildman–Crippen LogP) is 10.4. The second kappa shape index (κ2) is 14.8. The molecule has 2 aromatic carbocycles. The lowest BCUT2D eigenvalue weighted by atomic mass is 9.78. The fourth-order valence-electron chi connectivity index (χ4n) is 3.22. The smallest absolute Gasteiger partial charge is 0.380 e. The topological polar surface area (TPSA) is 55.4 Å². The molecule has 37 heavy (non-hydrogen) atoms. The van der Waals surface area contributed by atoms with Crippen molar-refractivity contribution in [2.45, 2.75) is 47.0 Å². The molecule has 0 N–H and O–H groups in total. The van der Waals surface area contributed by atoms with E-state index in [-0.39, 0.29) is 0 Å². The first-order valence-electron chi connectivity index (χ1n) is 11.4. The molecular weight excluding hydrogens is 818 g/mol. The molecule has 0 spiro atoms. The Hall–Kier alpha value is 1.10. The van der Waals surface area contributed by atoms with Crippen LogP contribution in [0.3, 0.4) is 0 Å².